The van der Waals surface area contributed by atoms with Crippen LogP contribution in [0.4, 0.5) is 8.78 Å². The predicted molar refractivity (Wildman–Crippen MR) is 78.8 cm³/mol. The van der Waals surface area contributed by atoms with Gasteiger partial charge in [-0.25, -0.2) is 4.79 Å². The highest BCUT2D eigenvalue weighted by Gasteiger charge is 2.35. The quantitative estimate of drug-likeness (QED) is 0.859. The summed E-state index contributed by atoms with van der Waals surface area (Å²) >= 11 is 0. The number of para-hydroxylation sites is 1. The van der Waals surface area contributed by atoms with Gasteiger partial charge in [0.15, 0.2) is 5.82 Å². The maximum absolute atomic E-state index is 12.6. The van der Waals surface area contributed by atoms with Crippen LogP contribution in [0.2, 0.25) is 0 Å². The third kappa shape index (κ3) is 3.57. The first-order chi connectivity index (χ1) is 12.0. The lowest BCUT2D eigenvalue weighted by molar-refractivity contribution is -0.152. The van der Waals surface area contributed by atoms with E-state index in [4.69, 9.17) is 0 Å². The molecule has 2 aromatic rings. The summed E-state index contributed by atoms with van der Waals surface area (Å²) in [7, 11) is 0. The summed E-state index contributed by atoms with van der Waals surface area (Å²) < 4.78 is 30.9. The zero-order valence-electron chi connectivity index (χ0n) is 12.9. The highest BCUT2D eigenvalue weighted by atomic mass is 19.3. The van der Waals surface area contributed by atoms with Gasteiger partial charge in [-0.15, -0.1) is 10.2 Å². The van der Waals surface area contributed by atoms with Crippen molar-refractivity contribution in [2.75, 3.05) is 0 Å². The van der Waals surface area contributed by atoms with Crippen LogP contribution in [0, 0.1) is 0 Å². The first-order valence-electron chi connectivity index (χ1n) is 7.37. The Morgan fingerprint density at radius 3 is 2.84 bits per heavy atom. The normalized spacial score (nSPS) is 16.6. The average Bonchev–Trinajstić information content (AvgIpc) is 3.02. The van der Waals surface area contributed by atoms with Crippen molar-refractivity contribution < 1.29 is 28.2 Å². The summed E-state index contributed by atoms with van der Waals surface area (Å²) in [5, 5.41) is 16.9. The molecule has 3 rings (SSSR count). The number of hydrogen-bond donors (Lipinski definition) is 1. The molecule has 1 aliphatic heterocycles. The van der Waals surface area contributed by atoms with Crippen LogP contribution in [-0.4, -0.2) is 49.3 Å². The number of carbonyl (C=O) groups is 2. The van der Waals surface area contributed by atoms with Crippen molar-refractivity contribution in [2.45, 2.75) is 32.2 Å². The van der Waals surface area contributed by atoms with E-state index in [1.807, 2.05) is 0 Å². The largest absolute Gasteiger partial charge is 0.480 e. The van der Waals surface area contributed by atoms with E-state index >= 15 is 0 Å². The lowest BCUT2D eigenvalue weighted by Gasteiger charge is -2.33. The van der Waals surface area contributed by atoms with Crippen molar-refractivity contribution in [1.82, 2.24) is 19.7 Å². The van der Waals surface area contributed by atoms with Crippen LogP contribution in [-0.2, 0) is 29.1 Å². The number of carbonyl (C=O) groups excluding carboxylic acids is 1. The van der Waals surface area contributed by atoms with Crippen molar-refractivity contribution in [2.24, 2.45) is 0 Å². The standard InChI is InChI=1S/C15H14F2N4O4/c16-15(17)25-11-4-2-1-3-9(11)5-13(22)21-7-12-19-18-8-20(12)6-10(21)14(23)24/h1-4,8,10,15H,5-7H2,(H,23,24). The minimum atomic E-state index is -3.02. The lowest BCUT2D eigenvalue weighted by atomic mass is 10.1. The second kappa shape index (κ2) is 6.83. The molecule has 0 fully saturated rings. The lowest BCUT2D eigenvalue weighted by Crippen LogP contribution is -2.51. The topological polar surface area (TPSA) is 97.5 Å². The zero-order chi connectivity index (χ0) is 18.0. The summed E-state index contributed by atoms with van der Waals surface area (Å²) in [4.78, 5) is 25.3. The Labute approximate surface area is 140 Å². The van der Waals surface area contributed by atoms with Gasteiger partial charge in [0.2, 0.25) is 5.91 Å². The number of aromatic nitrogens is 3. The number of nitrogens with zero attached hydrogens (tertiary/aromatic N) is 4. The molecule has 0 aliphatic carbocycles. The molecule has 1 N–H and O–H groups in total. The van der Waals surface area contributed by atoms with Gasteiger partial charge in [0, 0.05) is 5.56 Å². The second-order valence-electron chi connectivity index (χ2n) is 5.44. The maximum atomic E-state index is 12.6. The van der Waals surface area contributed by atoms with Gasteiger partial charge in [0.25, 0.3) is 0 Å². The number of amides is 1. The number of hydrogen-bond acceptors (Lipinski definition) is 5. The van der Waals surface area contributed by atoms with E-state index in [1.165, 1.54) is 24.5 Å². The van der Waals surface area contributed by atoms with Crippen molar-refractivity contribution in [1.29, 1.82) is 0 Å². The van der Waals surface area contributed by atoms with Crippen LogP contribution < -0.4 is 4.74 Å². The fourth-order valence-electron chi connectivity index (χ4n) is 2.70. The van der Waals surface area contributed by atoms with Crippen LogP contribution >= 0.6 is 0 Å². The molecule has 132 valence electrons. The fraction of sp³-hybridized carbons (Fsp3) is 0.333. The molecule has 10 heteroatoms. The van der Waals surface area contributed by atoms with Crippen LogP contribution in [0.25, 0.3) is 0 Å². The highest BCUT2D eigenvalue weighted by Crippen LogP contribution is 2.23. The molecule has 1 atom stereocenters. The highest BCUT2D eigenvalue weighted by molar-refractivity contribution is 5.85. The first kappa shape index (κ1) is 16.8. The van der Waals surface area contributed by atoms with Crippen LogP contribution in [0.1, 0.15) is 11.4 Å². The van der Waals surface area contributed by atoms with Gasteiger partial charge in [-0.05, 0) is 6.07 Å². The summed E-state index contributed by atoms with van der Waals surface area (Å²) in [5.41, 5.74) is 0.254. The number of rotatable bonds is 5. The minimum Gasteiger partial charge on any atom is -0.480 e. The Hall–Kier alpha value is -3.04. The van der Waals surface area contributed by atoms with Gasteiger partial charge in [0.05, 0.1) is 19.5 Å². The molecule has 8 nitrogen and oxygen atoms in total. The Morgan fingerprint density at radius 2 is 2.12 bits per heavy atom. The molecule has 0 saturated carbocycles. The second-order valence-corrected chi connectivity index (χ2v) is 5.44. The van der Waals surface area contributed by atoms with E-state index in [2.05, 4.69) is 14.9 Å². The Bertz CT molecular complexity index is 795. The summed E-state index contributed by atoms with van der Waals surface area (Å²) in [6.45, 7) is -3.01. The summed E-state index contributed by atoms with van der Waals surface area (Å²) in [6, 6.07) is 4.82. The minimum absolute atomic E-state index is 0.0202. The number of carboxylic acids is 1. The van der Waals surface area contributed by atoms with Gasteiger partial charge in [-0.2, -0.15) is 8.78 Å². The Morgan fingerprint density at radius 1 is 1.36 bits per heavy atom. The molecule has 1 aromatic carbocycles. The van der Waals surface area contributed by atoms with Gasteiger partial charge >= 0.3 is 12.6 Å². The first-order valence-corrected chi connectivity index (χ1v) is 7.37. The van der Waals surface area contributed by atoms with E-state index in [1.54, 1.807) is 10.6 Å². The van der Waals surface area contributed by atoms with Gasteiger partial charge in [0.1, 0.15) is 18.1 Å². The van der Waals surface area contributed by atoms with Crippen molar-refractivity contribution in [3.63, 3.8) is 0 Å². The molecule has 1 unspecified atom stereocenters. The molecule has 1 amide bonds. The predicted octanol–water partition coefficient (Wildman–Crippen LogP) is 0.918. The zero-order valence-corrected chi connectivity index (χ0v) is 12.9. The van der Waals surface area contributed by atoms with Crippen molar-refractivity contribution in [3.8, 4) is 5.75 Å². The maximum Gasteiger partial charge on any atom is 0.387 e. The van der Waals surface area contributed by atoms with E-state index in [9.17, 15) is 23.5 Å². The molecule has 0 saturated heterocycles. The van der Waals surface area contributed by atoms with Crippen LogP contribution in [0.5, 0.6) is 5.75 Å². The molecule has 0 bridgehead atoms. The Balaban J connectivity index is 1.82. The molecular weight excluding hydrogens is 338 g/mol. The molecule has 0 spiro atoms. The van der Waals surface area contributed by atoms with Crippen LogP contribution in [0.15, 0.2) is 30.6 Å². The van der Waals surface area contributed by atoms with Gasteiger partial charge < -0.3 is 19.3 Å². The molecule has 1 aliphatic rings. The average molecular weight is 352 g/mol. The van der Waals surface area contributed by atoms with E-state index in [0.29, 0.717) is 5.82 Å². The Kier molecular flexibility index (Phi) is 4.59. The number of ether oxygens (including phenoxy) is 1. The summed E-state index contributed by atoms with van der Waals surface area (Å²) in [6.07, 6.45) is 1.14. The number of fused-ring (bicyclic) bond motifs is 1. The molecule has 0 radical (unpaired) electrons. The van der Waals surface area contributed by atoms with E-state index in [-0.39, 0.29) is 30.8 Å². The molecule has 25 heavy (non-hydrogen) atoms. The van der Waals surface area contributed by atoms with Crippen molar-refractivity contribution in [3.05, 3.63) is 42.0 Å². The number of alkyl halides is 2. The monoisotopic (exact) mass is 352 g/mol. The number of aliphatic carboxylic acids is 1. The SMILES string of the molecule is O=C(O)C1Cn2cnnc2CN1C(=O)Cc1ccccc1OC(F)F. The molecule has 1 aromatic heterocycles. The smallest absolute Gasteiger partial charge is 0.387 e. The third-order valence-electron chi connectivity index (χ3n) is 3.89. The van der Waals surface area contributed by atoms with Gasteiger partial charge in [-0.1, -0.05) is 18.2 Å². The van der Waals surface area contributed by atoms with Crippen LogP contribution in [0.3, 0.4) is 0 Å². The third-order valence-corrected chi connectivity index (χ3v) is 3.89. The van der Waals surface area contributed by atoms with Gasteiger partial charge in [-0.3, -0.25) is 4.79 Å². The molecular formula is C15H14F2N4O4. The summed E-state index contributed by atoms with van der Waals surface area (Å²) in [5.74, 6) is -1.34. The number of halogens is 2. The number of carboxylic acid groups (broad SMARTS) is 1. The van der Waals surface area contributed by atoms with E-state index < -0.39 is 24.5 Å². The number of benzene rings is 1. The van der Waals surface area contributed by atoms with Crippen molar-refractivity contribution >= 4 is 11.9 Å². The fourth-order valence-corrected chi connectivity index (χ4v) is 2.70. The van der Waals surface area contributed by atoms with E-state index in [0.717, 1.165) is 4.90 Å². The molecule has 2 heterocycles.